The maximum Gasteiger partial charge on any atom is 0.257 e. The average Bonchev–Trinajstić information content (AvgIpc) is 2.78. The second-order valence-corrected chi connectivity index (χ2v) is 8.89. The lowest BCUT2D eigenvalue weighted by Gasteiger charge is -2.32. The molecular formula is C24H22N4O2S. The van der Waals surface area contributed by atoms with Crippen LogP contribution in [0.3, 0.4) is 0 Å². The summed E-state index contributed by atoms with van der Waals surface area (Å²) in [6.07, 6.45) is 5.50. The molecule has 0 amide bonds. The highest BCUT2D eigenvalue weighted by atomic mass is 32.2. The zero-order chi connectivity index (χ0) is 21.4. The highest BCUT2D eigenvalue weighted by molar-refractivity contribution is 7.98. The Labute approximate surface area is 184 Å². The van der Waals surface area contributed by atoms with Gasteiger partial charge in [-0.15, -0.1) is 0 Å². The minimum atomic E-state index is -0.444. The Kier molecular flexibility index (Phi) is 5.19. The van der Waals surface area contributed by atoms with Crippen LogP contribution in [0.15, 0.2) is 70.0 Å². The highest BCUT2D eigenvalue weighted by Gasteiger charge is 2.37. The molecule has 1 aliphatic carbocycles. The fourth-order valence-electron chi connectivity index (χ4n) is 4.22. The molecule has 31 heavy (non-hydrogen) atoms. The Bertz CT molecular complexity index is 1230. The van der Waals surface area contributed by atoms with Crippen LogP contribution in [0.4, 0.5) is 5.82 Å². The number of Topliss-reactive ketones (excluding diaryl/α,β-unsaturated/α-hetero) is 1. The summed E-state index contributed by atoms with van der Waals surface area (Å²) in [6.45, 7) is 2.06. The van der Waals surface area contributed by atoms with Gasteiger partial charge >= 0.3 is 0 Å². The maximum atomic E-state index is 13.2. The summed E-state index contributed by atoms with van der Waals surface area (Å²) in [5, 5.41) is 3.87. The van der Waals surface area contributed by atoms with E-state index in [1.54, 1.807) is 12.4 Å². The van der Waals surface area contributed by atoms with E-state index in [-0.39, 0.29) is 11.3 Å². The number of ketones is 1. The largest absolute Gasteiger partial charge is 0.343 e. The van der Waals surface area contributed by atoms with E-state index in [0.29, 0.717) is 34.3 Å². The third-order valence-electron chi connectivity index (χ3n) is 5.75. The predicted molar refractivity (Wildman–Crippen MR) is 121 cm³/mol. The Morgan fingerprint density at radius 3 is 2.74 bits per heavy atom. The number of aromatic nitrogens is 3. The zero-order valence-electron chi connectivity index (χ0n) is 17.1. The Morgan fingerprint density at radius 1 is 1.13 bits per heavy atom. The number of carbonyl (C=O) groups is 1. The molecule has 0 radical (unpaired) electrons. The van der Waals surface area contributed by atoms with Gasteiger partial charge in [0.25, 0.3) is 5.56 Å². The molecule has 1 unspecified atom stereocenters. The normalized spacial score (nSPS) is 17.7. The van der Waals surface area contributed by atoms with Gasteiger partial charge in [0.2, 0.25) is 0 Å². The number of nitrogens with zero attached hydrogens (tertiary/aromatic N) is 2. The molecule has 1 atom stereocenters. The van der Waals surface area contributed by atoms with Crippen LogP contribution in [0, 0.1) is 6.92 Å². The smallest absolute Gasteiger partial charge is 0.257 e. The number of allylic oxidation sites excluding steroid dienone is 2. The monoisotopic (exact) mass is 430 g/mol. The molecule has 3 heterocycles. The third kappa shape index (κ3) is 3.81. The van der Waals surface area contributed by atoms with Gasteiger partial charge in [0, 0.05) is 41.8 Å². The number of H-pyrrole nitrogens is 1. The van der Waals surface area contributed by atoms with Gasteiger partial charge in [-0.05, 0) is 37.0 Å². The number of aromatic amines is 1. The Hall–Kier alpha value is -3.19. The van der Waals surface area contributed by atoms with Gasteiger partial charge in [-0.1, -0.05) is 47.7 Å². The molecule has 0 saturated heterocycles. The fraction of sp³-hybridized carbons (Fsp3) is 0.250. The summed E-state index contributed by atoms with van der Waals surface area (Å²) < 4.78 is 0. The summed E-state index contributed by atoms with van der Waals surface area (Å²) in [7, 11) is 0. The van der Waals surface area contributed by atoms with Crippen molar-refractivity contribution in [2.45, 2.75) is 43.0 Å². The van der Waals surface area contributed by atoms with E-state index >= 15 is 0 Å². The zero-order valence-corrected chi connectivity index (χ0v) is 18.0. The van der Waals surface area contributed by atoms with Crippen molar-refractivity contribution in [2.75, 3.05) is 5.32 Å². The van der Waals surface area contributed by atoms with Crippen LogP contribution in [0.1, 0.15) is 47.4 Å². The topological polar surface area (TPSA) is 87.7 Å². The van der Waals surface area contributed by atoms with E-state index < -0.39 is 5.92 Å². The van der Waals surface area contributed by atoms with E-state index in [9.17, 15) is 9.59 Å². The summed E-state index contributed by atoms with van der Waals surface area (Å²) in [5.41, 5.74) is 5.04. The summed E-state index contributed by atoms with van der Waals surface area (Å²) >= 11 is 1.49. The van der Waals surface area contributed by atoms with E-state index in [4.69, 9.17) is 4.98 Å². The number of fused-ring (bicyclic) bond motifs is 1. The minimum Gasteiger partial charge on any atom is -0.343 e. The van der Waals surface area contributed by atoms with Crippen LogP contribution in [0.5, 0.6) is 0 Å². The van der Waals surface area contributed by atoms with Crippen LogP contribution in [0.2, 0.25) is 0 Å². The van der Waals surface area contributed by atoms with Gasteiger partial charge in [0.15, 0.2) is 10.9 Å². The molecule has 1 aromatic carbocycles. The van der Waals surface area contributed by atoms with Crippen LogP contribution < -0.4 is 10.9 Å². The second kappa shape index (κ2) is 8.15. The first-order valence-corrected chi connectivity index (χ1v) is 11.3. The molecule has 0 saturated carbocycles. The van der Waals surface area contributed by atoms with Crippen molar-refractivity contribution >= 4 is 23.4 Å². The van der Waals surface area contributed by atoms with Crippen LogP contribution >= 0.6 is 11.8 Å². The predicted octanol–water partition coefficient (Wildman–Crippen LogP) is 4.33. The first kappa shape index (κ1) is 19.8. The molecule has 2 N–H and O–H groups in total. The summed E-state index contributed by atoms with van der Waals surface area (Å²) in [4.78, 5) is 37.9. The fourth-order valence-corrected chi connectivity index (χ4v) is 5.04. The summed E-state index contributed by atoms with van der Waals surface area (Å²) in [5.74, 6) is 0.892. The molecular weight excluding hydrogens is 408 g/mol. The molecule has 5 rings (SSSR count). The number of pyridine rings is 1. The number of benzene rings is 1. The molecule has 6 nitrogen and oxygen atoms in total. The van der Waals surface area contributed by atoms with Gasteiger partial charge in [-0.2, -0.15) is 0 Å². The molecule has 2 aliphatic rings. The molecule has 0 spiro atoms. The SMILES string of the molecule is Cc1ccc(CSc2nc3c(c(=O)[nH]2)C(c2cccnc2)C2=C(CCCC2=O)N3)cc1. The molecule has 156 valence electrons. The highest BCUT2D eigenvalue weighted by Crippen LogP contribution is 2.43. The first-order valence-electron chi connectivity index (χ1n) is 10.4. The van der Waals surface area contributed by atoms with Gasteiger partial charge in [0.05, 0.1) is 5.56 Å². The first-order chi connectivity index (χ1) is 15.1. The lowest BCUT2D eigenvalue weighted by Crippen LogP contribution is -2.32. The number of thioether (sulfide) groups is 1. The van der Waals surface area contributed by atoms with E-state index in [1.807, 2.05) is 12.1 Å². The molecule has 1 aliphatic heterocycles. The number of hydrogen-bond acceptors (Lipinski definition) is 6. The molecule has 2 aromatic heterocycles. The van der Waals surface area contributed by atoms with Crippen molar-refractivity contribution in [3.05, 3.63) is 92.7 Å². The van der Waals surface area contributed by atoms with Crippen molar-refractivity contribution in [2.24, 2.45) is 0 Å². The Balaban J connectivity index is 1.54. The summed E-state index contributed by atoms with van der Waals surface area (Å²) in [6, 6.07) is 12.1. The minimum absolute atomic E-state index is 0.0884. The molecule has 0 fully saturated rings. The molecule has 3 aromatic rings. The van der Waals surface area contributed by atoms with Crippen molar-refractivity contribution in [1.82, 2.24) is 15.0 Å². The second-order valence-electron chi connectivity index (χ2n) is 7.92. The number of aryl methyl sites for hydroxylation is 1. The van der Waals surface area contributed by atoms with E-state index in [1.165, 1.54) is 22.9 Å². The number of anilines is 1. The third-order valence-corrected chi connectivity index (χ3v) is 6.69. The van der Waals surface area contributed by atoms with Gasteiger partial charge in [-0.25, -0.2) is 4.98 Å². The van der Waals surface area contributed by atoms with Gasteiger partial charge < -0.3 is 10.3 Å². The van der Waals surface area contributed by atoms with Crippen molar-refractivity contribution in [3.8, 4) is 0 Å². The van der Waals surface area contributed by atoms with Crippen LogP contribution in [0.25, 0.3) is 0 Å². The lowest BCUT2D eigenvalue weighted by atomic mass is 9.77. The van der Waals surface area contributed by atoms with Crippen LogP contribution in [-0.4, -0.2) is 20.7 Å². The van der Waals surface area contributed by atoms with Crippen molar-refractivity contribution < 1.29 is 4.79 Å². The average molecular weight is 431 g/mol. The van der Waals surface area contributed by atoms with E-state index in [0.717, 1.165) is 24.1 Å². The van der Waals surface area contributed by atoms with Gasteiger partial charge in [-0.3, -0.25) is 14.6 Å². The Morgan fingerprint density at radius 2 is 1.97 bits per heavy atom. The quantitative estimate of drug-likeness (QED) is 0.473. The number of carbonyl (C=O) groups excluding carboxylic acids is 1. The number of nitrogens with one attached hydrogen (secondary N) is 2. The number of hydrogen-bond donors (Lipinski definition) is 2. The molecule has 0 bridgehead atoms. The standard InChI is InChI=1S/C24H22N4O2S/c1-14-7-9-15(10-8-14)13-31-24-27-22-21(23(30)28-24)19(16-4-3-11-25-12-16)20-17(26-22)5-2-6-18(20)29/h3-4,7-12,19H,2,5-6,13H2,1H3,(H2,26,27,28,30). The van der Waals surface area contributed by atoms with E-state index in [2.05, 4.69) is 46.5 Å². The molecule has 7 heteroatoms. The number of rotatable bonds is 4. The van der Waals surface area contributed by atoms with Gasteiger partial charge in [0.1, 0.15) is 5.82 Å². The lowest BCUT2D eigenvalue weighted by molar-refractivity contribution is -0.116. The van der Waals surface area contributed by atoms with Crippen molar-refractivity contribution in [3.63, 3.8) is 0 Å². The van der Waals surface area contributed by atoms with Crippen LogP contribution in [-0.2, 0) is 10.5 Å². The van der Waals surface area contributed by atoms with Crippen molar-refractivity contribution in [1.29, 1.82) is 0 Å². The maximum absolute atomic E-state index is 13.2.